The quantitative estimate of drug-likeness (QED) is 0.367. The van der Waals surface area contributed by atoms with Crippen molar-refractivity contribution in [2.75, 3.05) is 13.2 Å². The summed E-state index contributed by atoms with van der Waals surface area (Å²) in [5, 5.41) is 24.7. The van der Waals surface area contributed by atoms with Crippen LogP contribution in [0.5, 0.6) is 0 Å². The lowest BCUT2D eigenvalue weighted by atomic mass is 9.89. The van der Waals surface area contributed by atoms with Gasteiger partial charge in [0.25, 0.3) is 0 Å². The summed E-state index contributed by atoms with van der Waals surface area (Å²) in [6.07, 6.45) is 6.50. The Morgan fingerprint density at radius 1 is 1.34 bits per heavy atom. The molecule has 1 fully saturated rings. The predicted octanol–water partition coefficient (Wildman–Crippen LogP) is 2.77. The number of rotatable bonds is 8. The summed E-state index contributed by atoms with van der Waals surface area (Å²) in [4.78, 5) is 19.0. The average Bonchev–Trinajstić information content (AvgIpc) is 3.09. The van der Waals surface area contributed by atoms with Crippen LogP contribution in [0.15, 0.2) is 35.9 Å². The van der Waals surface area contributed by atoms with Crippen LogP contribution in [0.1, 0.15) is 44.6 Å². The third-order valence-corrected chi connectivity index (χ3v) is 6.48. The Labute approximate surface area is 186 Å². The number of nitrogens with one attached hydrogen (secondary N) is 1. The standard InChI is InChI=1S/C22H31IN2O4/c1-15(27)20-19(14-26)29-25(13-17-7-9-18(23)10-8-17)21(20)22(28)24-12-11-16-5-3-2-4-6-16/h5,7-10,15,19-21,26-27H,2-4,6,11-14H2,1H3,(H,24,28)/t15-,19-,20+,21-/m1/s1. The smallest absolute Gasteiger partial charge is 0.240 e. The van der Waals surface area contributed by atoms with E-state index in [0.29, 0.717) is 13.1 Å². The summed E-state index contributed by atoms with van der Waals surface area (Å²) >= 11 is 2.25. The molecule has 0 spiro atoms. The van der Waals surface area contributed by atoms with Gasteiger partial charge in [-0.15, -0.1) is 0 Å². The van der Waals surface area contributed by atoms with Gasteiger partial charge in [-0.1, -0.05) is 23.8 Å². The van der Waals surface area contributed by atoms with Gasteiger partial charge in [-0.25, -0.2) is 0 Å². The van der Waals surface area contributed by atoms with Gasteiger partial charge in [-0.3, -0.25) is 9.63 Å². The molecule has 160 valence electrons. The fourth-order valence-corrected chi connectivity index (χ4v) is 4.59. The normalized spacial score (nSPS) is 26.2. The number of carbonyl (C=O) groups is 1. The number of hydroxylamine groups is 2. The molecule has 29 heavy (non-hydrogen) atoms. The Morgan fingerprint density at radius 2 is 2.10 bits per heavy atom. The molecule has 7 heteroatoms. The van der Waals surface area contributed by atoms with Crippen LogP contribution in [-0.4, -0.2) is 52.6 Å². The molecule has 0 bridgehead atoms. The van der Waals surface area contributed by atoms with Gasteiger partial charge in [0, 0.05) is 16.0 Å². The van der Waals surface area contributed by atoms with E-state index in [1.54, 1.807) is 12.0 Å². The molecule has 1 heterocycles. The molecule has 0 unspecified atom stereocenters. The second kappa shape index (κ2) is 10.9. The van der Waals surface area contributed by atoms with E-state index >= 15 is 0 Å². The average molecular weight is 514 g/mol. The Morgan fingerprint density at radius 3 is 2.72 bits per heavy atom. The van der Waals surface area contributed by atoms with Crippen molar-refractivity contribution in [3.63, 3.8) is 0 Å². The molecule has 0 radical (unpaired) electrons. The number of aliphatic hydroxyl groups is 2. The fourth-order valence-electron chi connectivity index (χ4n) is 4.23. The van der Waals surface area contributed by atoms with Crippen LogP contribution in [-0.2, 0) is 16.2 Å². The van der Waals surface area contributed by atoms with Crippen LogP contribution in [0.2, 0.25) is 0 Å². The van der Waals surface area contributed by atoms with Crippen LogP contribution >= 0.6 is 22.6 Å². The SMILES string of the molecule is C[C@@H](O)[C@H]1[C@@H](CO)ON(Cc2ccc(I)cc2)[C@H]1C(=O)NCCC1=CCCCC1. The summed E-state index contributed by atoms with van der Waals surface area (Å²) in [5.74, 6) is -0.647. The van der Waals surface area contributed by atoms with Gasteiger partial charge in [-0.05, 0) is 79.3 Å². The first-order valence-electron chi connectivity index (χ1n) is 10.4. The van der Waals surface area contributed by atoms with Gasteiger partial charge >= 0.3 is 0 Å². The minimum atomic E-state index is -0.773. The second-order valence-corrected chi connectivity index (χ2v) is 9.19. The summed E-state index contributed by atoms with van der Waals surface area (Å²) in [5.41, 5.74) is 2.42. The van der Waals surface area contributed by atoms with Crippen molar-refractivity contribution in [3.05, 3.63) is 45.0 Å². The van der Waals surface area contributed by atoms with Crippen molar-refractivity contribution in [2.45, 2.75) is 63.8 Å². The van der Waals surface area contributed by atoms with Gasteiger partial charge in [-0.2, -0.15) is 5.06 Å². The molecule has 2 aliphatic rings. The van der Waals surface area contributed by atoms with Crippen LogP contribution in [0.4, 0.5) is 0 Å². The fraction of sp³-hybridized carbons (Fsp3) is 0.591. The zero-order valence-corrected chi connectivity index (χ0v) is 19.0. The third-order valence-electron chi connectivity index (χ3n) is 5.76. The highest BCUT2D eigenvalue weighted by Crippen LogP contribution is 2.32. The Hall–Kier alpha value is -1.00. The first-order chi connectivity index (χ1) is 14.0. The van der Waals surface area contributed by atoms with Crippen molar-refractivity contribution < 1.29 is 19.8 Å². The lowest BCUT2D eigenvalue weighted by molar-refractivity contribution is -0.181. The number of carbonyl (C=O) groups excluding carboxylic acids is 1. The number of amides is 1. The molecule has 0 saturated carbocycles. The molecule has 1 aromatic carbocycles. The van der Waals surface area contributed by atoms with E-state index in [2.05, 4.69) is 34.0 Å². The van der Waals surface area contributed by atoms with Gasteiger partial charge in [0.2, 0.25) is 5.91 Å². The number of nitrogens with zero attached hydrogens (tertiary/aromatic N) is 1. The summed E-state index contributed by atoms with van der Waals surface area (Å²) < 4.78 is 1.13. The molecule has 1 amide bonds. The highest BCUT2D eigenvalue weighted by molar-refractivity contribution is 14.1. The lowest BCUT2D eigenvalue weighted by Gasteiger charge is -2.26. The maximum atomic E-state index is 13.1. The highest BCUT2D eigenvalue weighted by Gasteiger charge is 2.49. The van der Waals surface area contributed by atoms with Gasteiger partial charge < -0.3 is 15.5 Å². The molecule has 6 nitrogen and oxygen atoms in total. The van der Waals surface area contributed by atoms with Crippen LogP contribution in [0.3, 0.4) is 0 Å². The molecule has 1 aliphatic carbocycles. The van der Waals surface area contributed by atoms with Crippen LogP contribution < -0.4 is 5.32 Å². The maximum Gasteiger partial charge on any atom is 0.240 e. The first-order valence-corrected chi connectivity index (χ1v) is 11.5. The number of hydrogen-bond donors (Lipinski definition) is 3. The van der Waals surface area contributed by atoms with E-state index in [1.165, 1.54) is 18.4 Å². The molecule has 3 rings (SSSR count). The summed E-state index contributed by atoms with van der Waals surface area (Å²) in [6.45, 7) is 2.41. The number of hydrogen-bond acceptors (Lipinski definition) is 5. The minimum absolute atomic E-state index is 0.159. The van der Waals surface area contributed by atoms with E-state index in [4.69, 9.17) is 4.84 Å². The van der Waals surface area contributed by atoms with Crippen molar-refractivity contribution in [1.82, 2.24) is 10.4 Å². The van der Waals surface area contributed by atoms with Crippen LogP contribution in [0, 0.1) is 9.49 Å². The summed E-state index contributed by atoms with van der Waals surface area (Å²) in [7, 11) is 0. The van der Waals surface area contributed by atoms with E-state index < -0.39 is 24.2 Å². The number of benzene rings is 1. The Bertz CT molecular complexity index is 707. The monoisotopic (exact) mass is 514 g/mol. The second-order valence-electron chi connectivity index (χ2n) is 7.94. The van der Waals surface area contributed by atoms with E-state index in [1.807, 2.05) is 24.3 Å². The van der Waals surface area contributed by atoms with E-state index in [-0.39, 0.29) is 12.5 Å². The van der Waals surface area contributed by atoms with E-state index in [0.717, 1.165) is 28.4 Å². The minimum Gasteiger partial charge on any atom is -0.394 e. The first kappa shape index (κ1) is 22.7. The van der Waals surface area contributed by atoms with Crippen LogP contribution in [0.25, 0.3) is 0 Å². The van der Waals surface area contributed by atoms with Gasteiger partial charge in [0.15, 0.2) is 0 Å². The number of aliphatic hydroxyl groups excluding tert-OH is 2. The highest BCUT2D eigenvalue weighted by atomic mass is 127. The third kappa shape index (κ3) is 6.01. The topological polar surface area (TPSA) is 82.0 Å². The number of allylic oxidation sites excluding steroid dienone is 1. The molecule has 3 N–H and O–H groups in total. The molecule has 1 aromatic rings. The van der Waals surface area contributed by atoms with Gasteiger partial charge in [0.05, 0.1) is 19.3 Å². The van der Waals surface area contributed by atoms with Crippen molar-refractivity contribution >= 4 is 28.5 Å². The zero-order chi connectivity index (χ0) is 20.8. The lowest BCUT2D eigenvalue weighted by Crippen LogP contribution is -2.49. The maximum absolute atomic E-state index is 13.1. The largest absolute Gasteiger partial charge is 0.394 e. The molecule has 0 aromatic heterocycles. The van der Waals surface area contributed by atoms with Gasteiger partial charge in [0.1, 0.15) is 12.1 Å². The Balaban J connectivity index is 1.68. The molecule has 1 aliphatic heterocycles. The van der Waals surface area contributed by atoms with Crippen molar-refractivity contribution in [1.29, 1.82) is 0 Å². The van der Waals surface area contributed by atoms with Crippen molar-refractivity contribution in [2.24, 2.45) is 5.92 Å². The molecule has 4 atom stereocenters. The Kier molecular flexibility index (Phi) is 8.49. The zero-order valence-electron chi connectivity index (χ0n) is 16.9. The summed E-state index contributed by atoms with van der Waals surface area (Å²) in [6, 6.07) is 7.37. The van der Waals surface area contributed by atoms with Crippen molar-refractivity contribution in [3.8, 4) is 0 Å². The molecular formula is C22H31IN2O4. The number of halogens is 1. The molecule has 1 saturated heterocycles. The molecular weight excluding hydrogens is 483 g/mol. The predicted molar refractivity (Wildman–Crippen MR) is 120 cm³/mol. The van der Waals surface area contributed by atoms with E-state index in [9.17, 15) is 15.0 Å².